The standard InChI is InChI=1S/C16H20N2O3S/c19-13(10-4-2-1-3-5-10)9-17-15(20)11-6-7-12-14(8-11)21-16(22)18-12/h6-8,10,13,19H,1-5,9H2,(H,17,20)(H,18,22)/t13-/m1/s1. The molecule has 0 saturated heterocycles. The summed E-state index contributed by atoms with van der Waals surface area (Å²) in [5.41, 5.74) is 1.83. The van der Waals surface area contributed by atoms with Crippen molar-refractivity contribution in [3.63, 3.8) is 0 Å². The molecule has 5 nitrogen and oxygen atoms in total. The van der Waals surface area contributed by atoms with E-state index in [2.05, 4.69) is 10.3 Å². The number of hydrogen-bond acceptors (Lipinski definition) is 4. The van der Waals surface area contributed by atoms with E-state index in [1.807, 2.05) is 0 Å². The first-order chi connectivity index (χ1) is 10.6. The number of aliphatic hydroxyl groups excluding tert-OH is 1. The highest BCUT2D eigenvalue weighted by Gasteiger charge is 2.22. The predicted molar refractivity (Wildman–Crippen MR) is 86.3 cm³/mol. The molecule has 1 aliphatic carbocycles. The summed E-state index contributed by atoms with van der Waals surface area (Å²) < 4.78 is 5.31. The van der Waals surface area contributed by atoms with Gasteiger partial charge in [0, 0.05) is 12.1 Å². The van der Waals surface area contributed by atoms with Crippen LogP contribution in [0.25, 0.3) is 11.1 Å². The Kier molecular flexibility index (Phi) is 4.59. The zero-order valence-electron chi connectivity index (χ0n) is 12.3. The quantitative estimate of drug-likeness (QED) is 0.756. The maximum Gasteiger partial charge on any atom is 0.266 e. The lowest BCUT2D eigenvalue weighted by Crippen LogP contribution is -2.37. The third-order valence-electron chi connectivity index (χ3n) is 4.35. The van der Waals surface area contributed by atoms with Crippen molar-refractivity contribution < 1.29 is 14.3 Å². The Morgan fingerprint density at radius 2 is 2.18 bits per heavy atom. The van der Waals surface area contributed by atoms with Crippen molar-refractivity contribution in [2.24, 2.45) is 5.92 Å². The van der Waals surface area contributed by atoms with Crippen molar-refractivity contribution in [3.05, 3.63) is 28.6 Å². The number of aliphatic hydroxyl groups is 1. The lowest BCUT2D eigenvalue weighted by Gasteiger charge is -2.26. The fourth-order valence-electron chi connectivity index (χ4n) is 3.07. The first kappa shape index (κ1) is 15.2. The van der Waals surface area contributed by atoms with E-state index in [0.717, 1.165) is 18.4 Å². The minimum Gasteiger partial charge on any atom is -0.429 e. The average molecular weight is 320 g/mol. The third kappa shape index (κ3) is 3.39. The summed E-state index contributed by atoms with van der Waals surface area (Å²) in [5.74, 6) is 0.0954. The van der Waals surface area contributed by atoms with Gasteiger partial charge in [-0.05, 0) is 49.2 Å². The first-order valence-corrected chi connectivity index (χ1v) is 8.13. The van der Waals surface area contributed by atoms with Gasteiger partial charge in [0.05, 0.1) is 11.6 Å². The fourth-order valence-corrected chi connectivity index (χ4v) is 3.27. The summed E-state index contributed by atoms with van der Waals surface area (Å²) in [7, 11) is 0. The van der Waals surface area contributed by atoms with Gasteiger partial charge >= 0.3 is 0 Å². The number of hydrogen-bond donors (Lipinski definition) is 3. The second-order valence-corrected chi connectivity index (χ2v) is 6.27. The normalized spacial score (nSPS) is 17.5. The number of aromatic nitrogens is 1. The lowest BCUT2D eigenvalue weighted by molar-refractivity contribution is 0.0738. The van der Waals surface area contributed by atoms with Crippen LogP contribution in [0.5, 0.6) is 0 Å². The van der Waals surface area contributed by atoms with Gasteiger partial charge in [0.25, 0.3) is 10.7 Å². The van der Waals surface area contributed by atoms with Crippen LogP contribution in [-0.4, -0.2) is 28.6 Å². The van der Waals surface area contributed by atoms with E-state index in [4.69, 9.17) is 16.6 Å². The van der Waals surface area contributed by atoms with Crippen LogP contribution in [0.2, 0.25) is 0 Å². The summed E-state index contributed by atoms with van der Waals surface area (Å²) >= 11 is 4.92. The zero-order chi connectivity index (χ0) is 15.5. The molecule has 1 aromatic carbocycles. The molecule has 3 rings (SSSR count). The number of carbonyl (C=O) groups excluding carboxylic acids is 1. The van der Waals surface area contributed by atoms with Crippen molar-refractivity contribution in [1.82, 2.24) is 10.3 Å². The molecule has 1 aromatic heterocycles. The second kappa shape index (κ2) is 6.62. The molecule has 1 amide bonds. The zero-order valence-corrected chi connectivity index (χ0v) is 13.1. The highest BCUT2D eigenvalue weighted by atomic mass is 32.1. The molecule has 6 heteroatoms. The van der Waals surface area contributed by atoms with Crippen LogP contribution in [0.1, 0.15) is 42.5 Å². The van der Waals surface area contributed by atoms with Crippen LogP contribution < -0.4 is 5.32 Å². The smallest absolute Gasteiger partial charge is 0.266 e. The summed E-state index contributed by atoms with van der Waals surface area (Å²) in [5, 5.41) is 13.0. The van der Waals surface area contributed by atoms with E-state index in [9.17, 15) is 9.90 Å². The topological polar surface area (TPSA) is 78.3 Å². The van der Waals surface area contributed by atoms with Crippen LogP contribution in [0.15, 0.2) is 22.6 Å². The summed E-state index contributed by atoms with van der Waals surface area (Å²) in [6.07, 6.45) is 5.22. The monoisotopic (exact) mass is 320 g/mol. The third-order valence-corrected chi connectivity index (χ3v) is 4.53. The summed E-state index contributed by atoms with van der Waals surface area (Å²) in [6, 6.07) is 5.14. The van der Waals surface area contributed by atoms with Crippen molar-refractivity contribution >= 4 is 29.2 Å². The van der Waals surface area contributed by atoms with Gasteiger partial charge in [-0.15, -0.1) is 0 Å². The van der Waals surface area contributed by atoms with Crippen LogP contribution in [0.4, 0.5) is 0 Å². The molecule has 0 spiro atoms. The van der Waals surface area contributed by atoms with Crippen LogP contribution in [0, 0.1) is 10.8 Å². The fraction of sp³-hybridized carbons (Fsp3) is 0.500. The minimum absolute atomic E-state index is 0.209. The Morgan fingerprint density at radius 3 is 2.95 bits per heavy atom. The predicted octanol–water partition coefficient (Wildman–Crippen LogP) is 3.16. The van der Waals surface area contributed by atoms with Crippen molar-refractivity contribution in [2.45, 2.75) is 38.2 Å². The van der Waals surface area contributed by atoms with E-state index >= 15 is 0 Å². The van der Waals surface area contributed by atoms with Crippen LogP contribution in [-0.2, 0) is 0 Å². The Hall–Kier alpha value is -1.66. The Balaban J connectivity index is 1.61. The highest BCUT2D eigenvalue weighted by Crippen LogP contribution is 2.26. The van der Waals surface area contributed by atoms with E-state index in [1.54, 1.807) is 18.2 Å². The number of H-pyrrole nitrogens is 1. The molecule has 22 heavy (non-hydrogen) atoms. The number of amides is 1. The van der Waals surface area contributed by atoms with E-state index in [0.29, 0.717) is 21.9 Å². The number of oxazole rings is 1. The molecule has 1 saturated carbocycles. The minimum atomic E-state index is -0.468. The highest BCUT2D eigenvalue weighted by molar-refractivity contribution is 7.71. The number of aromatic amines is 1. The molecule has 1 fully saturated rings. The molecule has 0 aliphatic heterocycles. The van der Waals surface area contributed by atoms with Gasteiger partial charge in [0.2, 0.25) is 0 Å². The van der Waals surface area contributed by atoms with E-state index < -0.39 is 6.10 Å². The Bertz CT molecular complexity index is 715. The molecule has 1 aliphatic rings. The average Bonchev–Trinajstić information content (AvgIpc) is 2.92. The van der Waals surface area contributed by atoms with Crippen LogP contribution in [0.3, 0.4) is 0 Å². The van der Waals surface area contributed by atoms with Gasteiger partial charge in [-0.2, -0.15) is 0 Å². The number of rotatable bonds is 4. The Labute approximate surface area is 133 Å². The molecule has 0 radical (unpaired) electrons. The van der Waals surface area contributed by atoms with Gasteiger partial charge in [-0.25, -0.2) is 0 Å². The van der Waals surface area contributed by atoms with E-state index in [-0.39, 0.29) is 12.5 Å². The number of fused-ring (bicyclic) bond motifs is 1. The number of nitrogens with one attached hydrogen (secondary N) is 2. The maximum absolute atomic E-state index is 12.2. The first-order valence-electron chi connectivity index (χ1n) is 7.72. The van der Waals surface area contributed by atoms with E-state index in [1.165, 1.54) is 19.3 Å². The molecule has 1 heterocycles. The molecule has 0 unspecified atom stereocenters. The summed E-state index contributed by atoms with van der Waals surface area (Å²) in [6.45, 7) is 0.290. The van der Waals surface area contributed by atoms with Crippen molar-refractivity contribution in [3.8, 4) is 0 Å². The van der Waals surface area contributed by atoms with Crippen molar-refractivity contribution in [1.29, 1.82) is 0 Å². The van der Waals surface area contributed by atoms with Gasteiger partial charge < -0.3 is 19.8 Å². The van der Waals surface area contributed by atoms with Crippen LogP contribution >= 0.6 is 12.2 Å². The molecule has 2 aromatic rings. The molecule has 3 N–H and O–H groups in total. The molecule has 0 bridgehead atoms. The SMILES string of the molecule is O=C(NC[C@@H](O)C1CCCCC1)c1ccc2[nH]c(=S)oc2c1. The Morgan fingerprint density at radius 1 is 1.41 bits per heavy atom. The van der Waals surface area contributed by atoms with Crippen molar-refractivity contribution in [2.75, 3.05) is 6.54 Å². The number of benzene rings is 1. The lowest BCUT2D eigenvalue weighted by atomic mass is 9.85. The molecular formula is C16H20N2O3S. The summed E-state index contributed by atoms with van der Waals surface area (Å²) in [4.78, 5) is 15.4. The largest absolute Gasteiger partial charge is 0.429 e. The molecule has 118 valence electrons. The van der Waals surface area contributed by atoms with Gasteiger partial charge in [-0.3, -0.25) is 4.79 Å². The van der Waals surface area contributed by atoms with Gasteiger partial charge in [-0.1, -0.05) is 19.3 Å². The van der Waals surface area contributed by atoms with Gasteiger partial charge in [0.15, 0.2) is 5.58 Å². The maximum atomic E-state index is 12.2. The molecular weight excluding hydrogens is 300 g/mol. The second-order valence-electron chi connectivity index (χ2n) is 5.90. The van der Waals surface area contributed by atoms with Gasteiger partial charge in [0.1, 0.15) is 0 Å². The molecule has 1 atom stereocenters. The number of carbonyl (C=O) groups is 1.